The molecule has 2 aliphatic heterocycles. The molecular weight excluding hydrogens is 391 g/mol. The largest absolute Gasteiger partial charge is 0.454 e. The van der Waals surface area contributed by atoms with E-state index >= 15 is 0 Å². The van der Waals surface area contributed by atoms with Crippen molar-refractivity contribution < 1.29 is 31.8 Å². The minimum atomic E-state index is -4.07. The quantitative estimate of drug-likeness (QED) is 0.830. The molecule has 0 bridgehead atoms. The second kappa shape index (κ2) is 7.38. The molecule has 28 heavy (non-hydrogen) atoms. The van der Waals surface area contributed by atoms with E-state index in [9.17, 15) is 17.6 Å². The number of sulfonamides is 1. The summed E-state index contributed by atoms with van der Waals surface area (Å²) in [6.07, 6.45) is 0. The van der Waals surface area contributed by atoms with Crippen molar-refractivity contribution in [1.82, 2.24) is 4.31 Å². The first-order valence-electron chi connectivity index (χ1n) is 8.53. The normalized spacial score (nSPS) is 16.8. The van der Waals surface area contributed by atoms with E-state index in [2.05, 4.69) is 5.32 Å². The van der Waals surface area contributed by atoms with E-state index in [0.717, 1.165) is 16.4 Å². The van der Waals surface area contributed by atoms with Gasteiger partial charge in [0.25, 0.3) is 5.91 Å². The second-order valence-corrected chi connectivity index (χ2v) is 8.09. The fourth-order valence-electron chi connectivity index (χ4n) is 2.95. The van der Waals surface area contributed by atoms with Gasteiger partial charge in [0, 0.05) is 30.4 Å². The topological polar surface area (TPSA) is 94.2 Å². The number of hydrogen-bond donors (Lipinski definition) is 1. The highest BCUT2D eigenvalue weighted by molar-refractivity contribution is 7.89. The van der Waals surface area contributed by atoms with Gasteiger partial charge in [0.05, 0.1) is 13.2 Å². The third-order valence-corrected chi connectivity index (χ3v) is 6.33. The van der Waals surface area contributed by atoms with Crippen LogP contribution in [0.15, 0.2) is 41.3 Å². The van der Waals surface area contributed by atoms with E-state index in [-0.39, 0.29) is 38.7 Å². The fourth-order valence-corrected chi connectivity index (χ4v) is 4.44. The van der Waals surface area contributed by atoms with Gasteiger partial charge in [-0.15, -0.1) is 0 Å². The molecule has 1 amide bonds. The number of rotatable bonds is 4. The van der Waals surface area contributed by atoms with Crippen molar-refractivity contribution in [1.29, 1.82) is 0 Å². The smallest absolute Gasteiger partial charge is 0.255 e. The number of carbonyl (C=O) groups excluding carboxylic acids is 1. The Morgan fingerprint density at radius 1 is 1.04 bits per heavy atom. The van der Waals surface area contributed by atoms with Gasteiger partial charge in [-0.1, -0.05) is 0 Å². The van der Waals surface area contributed by atoms with Gasteiger partial charge in [0.1, 0.15) is 10.7 Å². The number of fused-ring (bicyclic) bond motifs is 1. The Morgan fingerprint density at radius 3 is 2.57 bits per heavy atom. The molecule has 148 valence electrons. The minimum Gasteiger partial charge on any atom is -0.454 e. The van der Waals surface area contributed by atoms with Crippen LogP contribution in [0.1, 0.15) is 10.4 Å². The molecule has 8 nitrogen and oxygen atoms in total. The number of nitrogens with one attached hydrogen (secondary N) is 1. The van der Waals surface area contributed by atoms with E-state index in [0.29, 0.717) is 17.2 Å². The van der Waals surface area contributed by atoms with Gasteiger partial charge in [-0.3, -0.25) is 4.79 Å². The highest BCUT2D eigenvalue weighted by atomic mass is 32.2. The maximum atomic E-state index is 14.3. The van der Waals surface area contributed by atoms with Gasteiger partial charge in [0.2, 0.25) is 16.8 Å². The zero-order chi connectivity index (χ0) is 19.7. The molecule has 0 atom stereocenters. The minimum absolute atomic E-state index is 0.0194. The molecule has 0 spiro atoms. The highest BCUT2D eigenvalue weighted by Crippen LogP contribution is 2.34. The Morgan fingerprint density at radius 2 is 1.79 bits per heavy atom. The van der Waals surface area contributed by atoms with E-state index < -0.39 is 26.6 Å². The molecular formula is C18H17FN2O6S. The van der Waals surface area contributed by atoms with Crippen LogP contribution in [0.4, 0.5) is 10.1 Å². The monoisotopic (exact) mass is 408 g/mol. The molecule has 0 aromatic heterocycles. The van der Waals surface area contributed by atoms with Crippen LogP contribution < -0.4 is 14.8 Å². The Balaban J connectivity index is 1.58. The summed E-state index contributed by atoms with van der Waals surface area (Å²) in [5.74, 6) is -0.422. The molecule has 1 saturated heterocycles. The van der Waals surface area contributed by atoms with Crippen molar-refractivity contribution in [3.8, 4) is 11.5 Å². The van der Waals surface area contributed by atoms with Gasteiger partial charge < -0.3 is 19.5 Å². The molecule has 1 fully saturated rings. The van der Waals surface area contributed by atoms with Gasteiger partial charge in [-0.05, 0) is 30.3 Å². The number of ether oxygens (including phenoxy) is 3. The number of hydrogen-bond acceptors (Lipinski definition) is 6. The van der Waals surface area contributed by atoms with Gasteiger partial charge in [-0.25, -0.2) is 12.8 Å². The molecule has 0 unspecified atom stereocenters. The van der Waals surface area contributed by atoms with Crippen LogP contribution in [0.2, 0.25) is 0 Å². The van der Waals surface area contributed by atoms with Crippen molar-refractivity contribution in [2.75, 3.05) is 38.4 Å². The van der Waals surface area contributed by atoms with Crippen LogP contribution >= 0.6 is 0 Å². The Bertz CT molecular complexity index is 1020. The average Bonchev–Trinajstić information content (AvgIpc) is 3.16. The highest BCUT2D eigenvalue weighted by Gasteiger charge is 2.29. The average molecular weight is 408 g/mol. The standard InChI is InChI=1S/C18H17FN2O6S/c19-14-3-1-12(9-17(14)28(23,24)21-5-7-25-8-6-21)18(22)20-13-2-4-15-16(10-13)27-11-26-15/h1-4,9-10H,5-8,11H2,(H,20,22). The lowest BCUT2D eigenvalue weighted by Crippen LogP contribution is -2.41. The number of amides is 1. The van der Waals surface area contributed by atoms with Gasteiger partial charge in [-0.2, -0.15) is 4.31 Å². The summed E-state index contributed by atoms with van der Waals surface area (Å²) in [4.78, 5) is 12.0. The second-order valence-electron chi connectivity index (χ2n) is 6.18. The lowest BCUT2D eigenvalue weighted by atomic mass is 10.2. The molecule has 2 aromatic rings. The van der Waals surface area contributed by atoms with E-state index in [4.69, 9.17) is 14.2 Å². The maximum absolute atomic E-state index is 14.3. The fraction of sp³-hybridized carbons (Fsp3) is 0.278. The summed E-state index contributed by atoms with van der Waals surface area (Å²) in [6.45, 7) is 0.856. The number of morpholine rings is 1. The Labute approximate surface area is 160 Å². The summed E-state index contributed by atoms with van der Waals surface area (Å²) in [6, 6.07) is 8.12. The molecule has 2 heterocycles. The Kier molecular flexibility index (Phi) is 4.92. The van der Waals surface area contributed by atoms with Crippen molar-refractivity contribution >= 4 is 21.6 Å². The summed E-state index contributed by atoms with van der Waals surface area (Å²) >= 11 is 0. The zero-order valence-electron chi connectivity index (χ0n) is 14.7. The van der Waals surface area contributed by atoms with E-state index in [1.165, 1.54) is 6.07 Å². The zero-order valence-corrected chi connectivity index (χ0v) is 15.5. The number of benzene rings is 2. The number of nitrogens with zero attached hydrogens (tertiary/aromatic N) is 1. The number of halogens is 1. The summed E-state index contributed by atoms with van der Waals surface area (Å²) < 4.78 is 56.5. The molecule has 2 aliphatic rings. The predicted octanol–water partition coefficient (Wildman–Crippen LogP) is 1.83. The van der Waals surface area contributed by atoms with E-state index in [1.54, 1.807) is 18.2 Å². The van der Waals surface area contributed by atoms with Crippen LogP contribution in [-0.4, -0.2) is 51.7 Å². The van der Waals surface area contributed by atoms with Crippen molar-refractivity contribution in [2.45, 2.75) is 4.90 Å². The van der Waals surface area contributed by atoms with Crippen LogP contribution in [0.3, 0.4) is 0 Å². The van der Waals surface area contributed by atoms with Crippen molar-refractivity contribution in [3.63, 3.8) is 0 Å². The third kappa shape index (κ3) is 3.53. The molecule has 10 heteroatoms. The number of anilines is 1. The Hall–Kier alpha value is -2.69. The molecule has 0 aliphatic carbocycles. The molecule has 4 rings (SSSR count). The molecule has 0 radical (unpaired) electrons. The lowest BCUT2D eigenvalue weighted by molar-refractivity contribution is 0.0729. The van der Waals surface area contributed by atoms with Crippen LogP contribution in [0.5, 0.6) is 11.5 Å². The maximum Gasteiger partial charge on any atom is 0.255 e. The first-order chi connectivity index (χ1) is 13.4. The predicted molar refractivity (Wildman–Crippen MR) is 96.5 cm³/mol. The van der Waals surface area contributed by atoms with E-state index in [1.807, 2.05) is 0 Å². The SMILES string of the molecule is O=C(Nc1ccc2c(c1)OCO2)c1ccc(F)c(S(=O)(=O)N2CCOCC2)c1. The van der Waals surface area contributed by atoms with Gasteiger partial charge in [0.15, 0.2) is 11.5 Å². The van der Waals surface area contributed by atoms with Crippen LogP contribution in [0, 0.1) is 5.82 Å². The number of carbonyl (C=O) groups is 1. The molecule has 0 saturated carbocycles. The van der Waals surface area contributed by atoms with Gasteiger partial charge >= 0.3 is 0 Å². The van der Waals surface area contributed by atoms with Crippen LogP contribution in [0.25, 0.3) is 0 Å². The van der Waals surface area contributed by atoms with Crippen molar-refractivity contribution in [3.05, 3.63) is 47.8 Å². The van der Waals surface area contributed by atoms with Crippen molar-refractivity contribution in [2.24, 2.45) is 0 Å². The summed E-state index contributed by atoms with van der Waals surface area (Å²) in [7, 11) is -4.07. The molecule has 2 aromatic carbocycles. The third-order valence-electron chi connectivity index (χ3n) is 4.41. The van der Waals surface area contributed by atoms with Crippen LogP contribution in [-0.2, 0) is 14.8 Å². The summed E-state index contributed by atoms with van der Waals surface area (Å²) in [5.41, 5.74) is 0.460. The lowest BCUT2D eigenvalue weighted by Gasteiger charge is -2.26. The molecule has 1 N–H and O–H groups in total. The first-order valence-corrected chi connectivity index (χ1v) is 9.97. The summed E-state index contributed by atoms with van der Waals surface area (Å²) in [5, 5.41) is 2.64. The first kappa shape index (κ1) is 18.7.